The van der Waals surface area contributed by atoms with Crippen LogP contribution in [0.2, 0.25) is 0 Å². The fourth-order valence-electron chi connectivity index (χ4n) is 4.13. The Labute approximate surface area is 168 Å². The summed E-state index contributed by atoms with van der Waals surface area (Å²) >= 11 is 0. The van der Waals surface area contributed by atoms with Crippen LogP contribution in [-0.4, -0.2) is 37.6 Å². The fourth-order valence-corrected chi connectivity index (χ4v) is 4.13. The predicted molar refractivity (Wildman–Crippen MR) is 110 cm³/mol. The van der Waals surface area contributed by atoms with Gasteiger partial charge in [0.2, 0.25) is 0 Å². The van der Waals surface area contributed by atoms with Gasteiger partial charge in [-0.2, -0.15) is 0 Å². The number of imidazole rings is 1. The summed E-state index contributed by atoms with van der Waals surface area (Å²) in [6.45, 7) is 5.37. The third-order valence-electron chi connectivity index (χ3n) is 5.55. The maximum absolute atomic E-state index is 12.1. The highest BCUT2D eigenvalue weighted by Gasteiger charge is 2.24. The molecular formula is C22H24N4O3. The van der Waals surface area contributed by atoms with Crippen molar-refractivity contribution in [3.63, 3.8) is 0 Å². The number of aromatic nitrogens is 4. The van der Waals surface area contributed by atoms with E-state index in [1.165, 1.54) is 0 Å². The number of hydrogen-bond acceptors (Lipinski definition) is 5. The molecule has 0 N–H and O–H groups in total. The van der Waals surface area contributed by atoms with E-state index in [0.717, 1.165) is 59.4 Å². The van der Waals surface area contributed by atoms with Crippen molar-refractivity contribution in [1.82, 2.24) is 18.9 Å². The molecule has 0 aliphatic carbocycles. The minimum atomic E-state index is -0.269. The van der Waals surface area contributed by atoms with E-state index in [1.807, 2.05) is 30.5 Å². The zero-order chi connectivity index (χ0) is 20.0. The number of carbonyl (C=O) groups excluding carboxylic acids is 1. The number of esters is 1. The van der Waals surface area contributed by atoms with Gasteiger partial charge in [-0.3, -0.25) is 9.20 Å². The van der Waals surface area contributed by atoms with Crippen molar-refractivity contribution in [3.8, 4) is 5.75 Å². The van der Waals surface area contributed by atoms with Gasteiger partial charge in [0.15, 0.2) is 11.4 Å². The van der Waals surface area contributed by atoms with E-state index in [0.29, 0.717) is 18.7 Å². The molecule has 29 heavy (non-hydrogen) atoms. The van der Waals surface area contributed by atoms with Crippen LogP contribution in [0.4, 0.5) is 0 Å². The number of rotatable bonds is 5. The summed E-state index contributed by atoms with van der Waals surface area (Å²) < 4.78 is 15.7. The average molecular weight is 392 g/mol. The lowest BCUT2D eigenvalue weighted by atomic mass is 10.2. The first kappa shape index (κ1) is 18.1. The van der Waals surface area contributed by atoms with E-state index in [1.54, 1.807) is 6.92 Å². The van der Waals surface area contributed by atoms with E-state index >= 15 is 0 Å². The molecule has 7 nitrogen and oxygen atoms in total. The van der Waals surface area contributed by atoms with Crippen molar-refractivity contribution in [3.05, 3.63) is 36.3 Å². The summed E-state index contributed by atoms with van der Waals surface area (Å²) in [5, 5.41) is 0.776. The topological polar surface area (TPSA) is 70.7 Å². The van der Waals surface area contributed by atoms with Gasteiger partial charge < -0.3 is 14.0 Å². The summed E-state index contributed by atoms with van der Waals surface area (Å²) in [7, 11) is 0. The van der Waals surface area contributed by atoms with Gasteiger partial charge in [-0.1, -0.05) is 26.0 Å². The van der Waals surface area contributed by atoms with Crippen LogP contribution in [0.5, 0.6) is 5.75 Å². The van der Waals surface area contributed by atoms with Gasteiger partial charge >= 0.3 is 5.97 Å². The summed E-state index contributed by atoms with van der Waals surface area (Å²) in [5.74, 6) is 1.18. The highest BCUT2D eigenvalue weighted by atomic mass is 16.5. The Hall–Kier alpha value is -2.93. The minimum absolute atomic E-state index is 0.155. The molecule has 0 spiro atoms. The first-order chi connectivity index (χ1) is 14.2. The van der Waals surface area contributed by atoms with Gasteiger partial charge in [-0.25, -0.2) is 9.97 Å². The Morgan fingerprint density at radius 2 is 2.10 bits per heavy atom. The Morgan fingerprint density at radius 1 is 1.24 bits per heavy atom. The van der Waals surface area contributed by atoms with Crippen molar-refractivity contribution in [2.45, 2.75) is 52.2 Å². The summed E-state index contributed by atoms with van der Waals surface area (Å²) in [6.07, 6.45) is 5.21. The zero-order valence-corrected chi connectivity index (χ0v) is 16.7. The third-order valence-corrected chi connectivity index (χ3v) is 5.55. The molecule has 1 aliphatic heterocycles. The number of para-hydroxylation sites is 2. The van der Waals surface area contributed by atoms with Crippen LogP contribution in [0.1, 0.15) is 38.9 Å². The maximum atomic E-state index is 12.1. The molecule has 150 valence electrons. The first-order valence-corrected chi connectivity index (χ1v) is 10.3. The molecule has 7 heteroatoms. The molecule has 4 aromatic rings. The molecule has 0 saturated carbocycles. The second kappa shape index (κ2) is 7.15. The van der Waals surface area contributed by atoms with Crippen molar-refractivity contribution in [2.75, 3.05) is 6.61 Å². The average Bonchev–Trinajstić information content (AvgIpc) is 3.45. The van der Waals surface area contributed by atoms with Crippen molar-refractivity contribution in [1.29, 1.82) is 0 Å². The van der Waals surface area contributed by atoms with Crippen LogP contribution < -0.4 is 4.74 Å². The minimum Gasteiger partial charge on any atom is -0.424 e. The van der Waals surface area contributed by atoms with Crippen molar-refractivity contribution in [2.24, 2.45) is 0 Å². The lowest BCUT2D eigenvalue weighted by Gasteiger charge is -2.12. The highest BCUT2D eigenvalue weighted by molar-refractivity contribution is 6.00. The maximum Gasteiger partial charge on any atom is 0.310 e. The number of fused-ring (bicyclic) bond motifs is 5. The molecule has 1 atom stereocenters. The molecule has 4 heterocycles. The molecule has 0 bridgehead atoms. The second-order valence-corrected chi connectivity index (χ2v) is 7.45. The smallest absolute Gasteiger partial charge is 0.310 e. The van der Waals surface area contributed by atoms with Gasteiger partial charge in [-0.15, -0.1) is 0 Å². The molecule has 1 aliphatic rings. The Kier molecular flexibility index (Phi) is 4.47. The molecule has 1 aromatic carbocycles. The number of hydrogen-bond donors (Lipinski definition) is 0. The van der Waals surface area contributed by atoms with Crippen LogP contribution in [0.15, 0.2) is 30.5 Å². The van der Waals surface area contributed by atoms with Crippen LogP contribution in [0.3, 0.4) is 0 Å². The van der Waals surface area contributed by atoms with E-state index in [9.17, 15) is 4.79 Å². The number of carbonyl (C=O) groups is 1. The molecule has 0 unspecified atom stereocenters. The van der Waals surface area contributed by atoms with Crippen molar-refractivity contribution < 1.29 is 14.3 Å². The molecule has 0 amide bonds. The molecule has 1 fully saturated rings. The number of nitrogens with zero attached hydrogens (tertiary/aromatic N) is 4. The van der Waals surface area contributed by atoms with E-state index in [4.69, 9.17) is 19.4 Å². The van der Waals surface area contributed by atoms with E-state index < -0.39 is 0 Å². The fraction of sp³-hybridized carbons (Fsp3) is 0.409. The van der Waals surface area contributed by atoms with Crippen LogP contribution in [0, 0.1) is 0 Å². The van der Waals surface area contributed by atoms with Gasteiger partial charge in [0.25, 0.3) is 0 Å². The normalized spacial score (nSPS) is 17.0. The zero-order valence-electron chi connectivity index (χ0n) is 16.7. The Balaban J connectivity index is 1.80. The molecular weight excluding hydrogens is 368 g/mol. The number of ether oxygens (including phenoxy) is 2. The molecule has 5 rings (SSSR count). The Bertz CT molecular complexity index is 1220. The van der Waals surface area contributed by atoms with Gasteiger partial charge in [0.1, 0.15) is 16.9 Å². The molecule has 0 radical (unpaired) electrons. The van der Waals surface area contributed by atoms with Gasteiger partial charge in [-0.05, 0) is 25.0 Å². The lowest BCUT2D eigenvalue weighted by Crippen LogP contribution is -2.15. The SMILES string of the molecule is CCC(=O)Oc1cn(C[C@@H]2CCCO2)c2nc(CC)n3c4ccccc4nc3c12. The van der Waals surface area contributed by atoms with Gasteiger partial charge in [0.05, 0.1) is 23.7 Å². The molecule has 1 saturated heterocycles. The number of aryl methyl sites for hydroxylation is 1. The first-order valence-electron chi connectivity index (χ1n) is 10.3. The largest absolute Gasteiger partial charge is 0.424 e. The summed E-state index contributed by atoms with van der Waals surface area (Å²) in [5.41, 5.74) is 3.47. The molecule has 3 aromatic heterocycles. The second-order valence-electron chi connectivity index (χ2n) is 7.45. The van der Waals surface area contributed by atoms with Crippen LogP contribution in [-0.2, 0) is 22.5 Å². The predicted octanol–water partition coefficient (Wildman–Crippen LogP) is 3.89. The monoisotopic (exact) mass is 392 g/mol. The van der Waals surface area contributed by atoms with Crippen LogP contribution >= 0.6 is 0 Å². The standard InChI is InChI=1S/C22H24N4O3/c1-3-18-24-21-20(22-23-15-9-5-6-10-16(15)26(18)22)17(29-19(27)4-2)13-25(21)12-14-8-7-11-28-14/h5-6,9-10,13-14H,3-4,7-8,11-12H2,1-2H3/t14-/m0/s1. The third kappa shape index (κ3) is 2.97. The van der Waals surface area contributed by atoms with Crippen molar-refractivity contribution >= 4 is 33.7 Å². The Morgan fingerprint density at radius 3 is 2.86 bits per heavy atom. The lowest BCUT2D eigenvalue weighted by molar-refractivity contribution is -0.133. The highest BCUT2D eigenvalue weighted by Crippen LogP contribution is 2.34. The summed E-state index contributed by atoms with van der Waals surface area (Å²) in [6, 6.07) is 8.02. The van der Waals surface area contributed by atoms with E-state index in [-0.39, 0.29) is 12.1 Å². The quantitative estimate of drug-likeness (QED) is 0.482. The number of benzene rings is 1. The van der Waals surface area contributed by atoms with Gasteiger partial charge in [0, 0.05) is 25.6 Å². The summed E-state index contributed by atoms with van der Waals surface area (Å²) in [4.78, 5) is 22.0. The van der Waals surface area contributed by atoms with E-state index in [2.05, 4.69) is 15.9 Å². The van der Waals surface area contributed by atoms with Crippen LogP contribution in [0.25, 0.3) is 27.7 Å².